The lowest BCUT2D eigenvalue weighted by molar-refractivity contribution is 0.0600. The van der Waals surface area contributed by atoms with Crippen LogP contribution in [0.1, 0.15) is 33.3 Å². The van der Waals surface area contributed by atoms with Crippen molar-refractivity contribution >= 4 is 23.5 Å². The highest BCUT2D eigenvalue weighted by Gasteiger charge is 2.06. The maximum absolute atomic E-state index is 11.3. The lowest BCUT2D eigenvalue weighted by Crippen LogP contribution is -2.02. The van der Waals surface area contributed by atoms with Crippen molar-refractivity contribution in [2.75, 3.05) is 7.11 Å². The van der Waals surface area contributed by atoms with Gasteiger partial charge >= 0.3 is 5.97 Å². The molecule has 2 aromatic rings. The molecule has 0 bridgehead atoms. The molecule has 1 aromatic carbocycles. The van der Waals surface area contributed by atoms with Gasteiger partial charge in [0.25, 0.3) is 0 Å². The number of hydrogen-bond acceptors (Lipinski definition) is 5. The number of benzene rings is 1. The third kappa shape index (κ3) is 4.16. The topological polar surface area (TPSA) is 56.3 Å². The van der Waals surface area contributed by atoms with Crippen LogP contribution in [-0.4, -0.2) is 23.8 Å². The number of nitrogens with zero attached hydrogens (tertiary/aromatic N) is 1. The van der Waals surface area contributed by atoms with Crippen LogP contribution in [0.4, 0.5) is 0 Å². The standard InChI is InChI=1S/C16H15NO3S/c1-11(18)12-4-7-15(8-5-12)21-10-14-6-3-13(9-17-14)16(19)20-2/h3-9H,10H2,1-2H3. The van der Waals surface area contributed by atoms with Crippen molar-refractivity contribution < 1.29 is 14.3 Å². The van der Waals surface area contributed by atoms with Crippen LogP contribution in [0.15, 0.2) is 47.5 Å². The first-order chi connectivity index (χ1) is 10.1. The zero-order chi connectivity index (χ0) is 15.2. The molecule has 2 rings (SSSR count). The maximum atomic E-state index is 11.3. The van der Waals surface area contributed by atoms with Crippen LogP contribution >= 0.6 is 11.8 Å². The highest BCUT2D eigenvalue weighted by atomic mass is 32.2. The van der Waals surface area contributed by atoms with Crippen LogP contribution in [0.2, 0.25) is 0 Å². The molecule has 5 heteroatoms. The van der Waals surface area contributed by atoms with Gasteiger partial charge in [0.05, 0.1) is 18.4 Å². The predicted molar refractivity (Wildman–Crippen MR) is 81.6 cm³/mol. The van der Waals surface area contributed by atoms with E-state index in [4.69, 9.17) is 0 Å². The molecular formula is C16H15NO3S. The fourth-order valence-electron chi connectivity index (χ4n) is 1.69. The summed E-state index contributed by atoms with van der Waals surface area (Å²) in [4.78, 5) is 27.8. The van der Waals surface area contributed by atoms with E-state index < -0.39 is 0 Å². The molecule has 0 saturated heterocycles. The molecule has 0 amide bonds. The highest BCUT2D eigenvalue weighted by Crippen LogP contribution is 2.22. The molecule has 0 aliphatic carbocycles. The number of pyridine rings is 1. The first-order valence-corrected chi connectivity index (χ1v) is 7.36. The van der Waals surface area contributed by atoms with Crippen molar-refractivity contribution in [2.45, 2.75) is 17.6 Å². The predicted octanol–water partition coefficient (Wildman–Crippen LogP) is 3.36. The Hall–Kier alpha value is -2.14. The van der Waals surface area contributed by atoms with Gasteiger partial charge in [-0.15, -0.1) is 11.8 Å². The summed E-state index contributed by atoms with van der Waals surface area (Å²) in [6.07, 6.45) is 1.51. The maximum Gasteiger partial charge on any atom is 0.339 e. The molecule has 0 radical (unpaired) electrons. The zero-order valence-corrected chi connectivity index (χ0v) is 12.6. The molecule has 0 atom stereocenters. The van der Waals surface area contributed by atoms with Gasteiger partial charge in [-0.25, -0.2) is 4.79 Å². The SMILES string of the molecule is COC(=O)c1ccc(CSc2ccc(C(C)=O)cc2)nc1. The van der Waals surface area contributed by atoms with Gasteiger partial charge in [-0.1, -0.05) is 12.1 Å². The molecule has 0 N–H and O–H groups in total. The van der Waals surface area contributed by atoms with Crippen molar-refractivity contribution in [3.8, 4) is 0 Å². The average Bonchev–Trinajstić information content (AvgIpc) is 2.53. The summed E-state index contributed by atoms with van der Waals surface area (Å²) in [5, 5.41) is 0. The molecule has 108 valence electrons. The Morgan fingerprint density at radius 3 is 2.29 bits per heavy atom. The number of carbonyl (C=O) groups excluding carboxylic acids is 2. The van der Waals surface area contributed by atoms with Crippen molar-refractivity contribution in [1.29, 1.82) is 0 Å². The molecule has 0 spiro atoms. The smallest absolute Gasteiger partial charge is 0.339 e. The molecule has 0 unspecified atom stereocenters. The third-order valence-electron chi connectivity index (χ3n) is 2.89. The summed E-state index contributed by atoms with van der Waals surface area (Å²) in [7, 11) is 1.34. The van der Waals surface area contributed by atoms with E-state index in [1.165, 1.54) is 13.3 Å². The first kappa shape index (κ1) is 15.3. The van der Waals surface area contributed by atoms with E-state index in [1.807, 2.05) is 30.3 Å². The van der Waals surface area contributed by atoms with E-state index in [2.05, 4.69) is 9.72 Å². The number of ketones is 1. The quantitative estimate of drug-likeness (QED) is 0.481. The zero-order valence-electron chi connectivity index (χ0n) is 11.8. The van der Waals surface area contributed by atoms with E-state index in [9.17, 15) is 9.59 Å². The van der Waals surface area contributed by atoms with Gasteiger partial charge in [0.2, 0.25) is 0 Å². The van der Waals surface area contributed by atoms with Gasteiger partial charge in [-0.3, -0.25) is 9.78 Å². The van der Waals surface area contributed by atoms with Crippen molar-refractivity contribution in [3.63, 3.8) is 0 Å². The molecule has 0 aliphatic rings. The number of rotatable bonds is 5. The van der Waals surface area contributed by atoms with Gasteiger partial charge in [0.15, 0.2) is 5.78 Å². The molecular weight excluding hydrogens is 286 g/mol. The third-order valence-corrected chi connectivity index (χ3v) is 3.94. The number of hydrogen-bond donors (Lipinski definition) is 0. The van der Waals surface area contributed by atoms with E-state index in [0.717, 1.165) is 10.6 Å². The Labute approximate surface area is 127 Å². The largest absolute Gasteiger partial charge is 0.465 e. The van der Waals surface area contributed by atoms with Crippen LogP contribution in [0, 0.1) is 0 Å². The first-order valence-electron chi connectivity index (χ1n) is 6.37. The lowest BCUT2D eigenvalue weighted by atomic mass is 10.2. The average molecular weight is 301 g/mol. The van der Waals surface area contributed by atoms with Crippen molar-refractivity contribution in [2.24, 2.45) is 0 Å². The van der Waals surface area contributed by atoms with Crippen LogP contribution < -0.4 is 0 Å². The van der Waals surface area contributed by atoms with Crippen LogP contribution in [0.25, 0.3) is 0 Å². The monoisotopic (exact) mass is 301 g/mol. The number of thioether (sulfide) groups is 1. The summed E-state index contributed by atoms with van der Waals surface area (Å²) in [5.41, 5.74) is 2.03. The Bertz CT molecular complexity index is 636. The number of methoxy groups -OCH3 is 1. The number of Topliss-reactive ketones (excluding diaryl/α,β-unsaturated/α-hetero) is 1. The highest BCUT2D eigenvalue weighted by molar-refractivity contribution is 7.98. The molecule has 1 aromatic heterocycles. The van der Waals surface area contributed by atoms with Crippen LogP contribution in [-0.2, 0) is 10.5 Å². The molecule has 0 saturated carbocycles. The lowest BCUT2D eigenvalue weighted by Gasteiger charge is -2.03. The van der Waals surface area contributed by atoms with Crippen molar-refractivity contribution in [1.82, 2.24) is 4.98 Å². The van der Waals surface area contributed by atoms with Gasteiger partial charge in [0, 0.05) is 22.4 Å². The minimum absolute atomic E-state index is 0.0617. The minimum atomic E-state index is -0.387. The second-order valence-corrected chi connectivity index (χ2v) is 5.45. The molecule has 4 nitrogen and oxygen atoms in total. The normalized spacial score (nSPS) is 10.2. The summed E-state index contributed by atoms with van der Waals surface area (Å²) in [6.45, 7) is 1.55. The summed E-state index contributed by atoms with van der Waals surface area (Å²) >= 11 is 1.62. The molecule has 0 aliphatic heterocycles. The van der Waals surface area contributed by atoms with E-state index >= 15 is 0 Å². The van der Waals surface area contributed by atoms with Crippen LogP contribution in [0.3, 0.4) is 0 Å². The van der Waals surface area contributed by atoms with Gasteiger partial charge in [-0.2, -0.15) is 0 Å². The minimum Gasteiger partial charge on any atom is -0.465 e. The second kappa shape index (κ2) is 7.04. The van der Waals surface area contributed by atoms with E-state index in [1.54, 1.807) is 24.8 Å². The molecule has 21 heavy (non-hydrogen) atoms. The Kier molecular flexibility index (Phi) is 5.11. The number of carbonyl (C=O) groups is 2. The number of esters is 1. The Morgan fingerprint density at radius 2 is 1.76 bits per heavy atom. The number of ether oxygens (including phenoxy) is 1. The summed E-state index contributed by atoms with van der Waals surface area (Å²) in [6, 6.07) is 11.0. The van der Waals surface area contributed by atoms with Crippen molar-refractivity contribution in [3.05, 3.63) is 59.4 Å². The van der Waals surface area contributed by atoms with E-state index in [-0.39, 0.29) is 11.8 Å². The molecule has 0 fully saturated rings. The van der Waals surface area contributed by atoms with Crippen LogP contribution in [0.5, 0.6) is 0 Å². The van der Waals surface area contributed by atoms with Gasteiger partial charge < -0.3 is 4.74 Å². The fraction of sp³-hybridized carbons (Fsp3) is 0.188. The molecule has 1 heterocycles. The van der Waals surface area contributed by atoms with Gasteiger partial charge in [0.1, 0.15) is 0 Å². The fourth-order valence-corrected chi connectivity index (χ4v) is 2.51. The second-order valence-electron chi connectivity index (χ2n) is 4.40. The summed E-state index contributed by atoms with van der Waals surface area (Å²) in [5.74, 6) is 0.370. The Balaban J connectivity index is 1.96. The van der Waals surface area contributed by atoms with E-state index in [0.29, 0.717) is 16.9 Å². The summed E-state index contributed by atoms with van der Waals surface area (Å²) < 4.78 is 4.62. The Morgan fingerprint density at radius 1 is 1.10 bits per heavy atom. The van der Waals surface area contributed by atoms with Gasteiger partial charge in [-0.05, 0) is 31.2 Å². The number of aromatic nitrogens is 1.